The number of carbonyl (C=O) groups excluding carboxylic acids is 1. The lowest BCUT2D eigenvalue weighted by Crippen LogP contribution is -2.30. The summed E-state index contributed by atoms with van der Waals surface area (Å²) < 4.78 is 12.5. The Labute approximate surface area is 162 Å². The molecule has 4 rings (SSSR count). The summed E-state index contributed by atoms with van der Waals surface area (Å²) in [5.74, 6) is 3.55. The number of nitrogens with one attached hydrogen (secondary N) is 2. The molecule has 3 aromatic rings. The van der Waals surface area contributed by atoms with Crippen LogP contribution in [0.15, 0.2) is 48.8 Å². The Hall–Kier alpha value is -3.55. The Bertz CT molecular complexity index is 972. The molecule has 1 aliphatic heterocycles. The Balaban J connectivity index is 1.26. The summed E-state index contributed by atoms with van der Waals surface area (Å²) in [6.07, 6.45) is 4.16. The average Bonchev–Trinajstić information content (AvgIpc) is 3.36. The smallest absolute Gasteiger partial charge is 0.231 e. The quantitative estimate of drug-likeness (QED) is 0.611. The van der Waals surface area contributed by atoms with E-state index in [-0.39, 0.29) is 12.7 Å². The molecule has 1 amide bonds. The highest BCUT2D eigenvalue weighted by Gasteiger charge is 2.14. The normalized spacial score (nSPS) is 12.0. The lowest BCUT2D eigenvalue weighted by molar-refractivity contribution is -0.120. The largest absolute Gasteiger partial charge is 0.454 e. The van der Waals surface area contributed by atoms with E-state index >= 15 is 0 Å². The molecule has 0 bridgehead atoms. The lowest BCUT2D eigenvalue weighted by atomic mass is 10.1. The Morgan fingerprint density at radius 2 is 1.93 bits per heavy atom. The van der Waals surface area contributed by atoms with Crippen molar-refractivity contribution in [3.05, 3.63) is 60.2 Å². The molecule has 0 spiro atoms. The number of hydrogen-bond acceptors (Lipinski definition) is 6. The molecule has 1 aromatic carbocycles. The predicted octanol–water partition coefficient (Wildman–Crippen LogP) is 2.08. The highest BCUT2D eigenvalue weighted by Crippen LogP contribution is 2.32. The molecule has 0 saturated carbocycles. The third-order valence-corrected chi connectivity index (χ3v) is 4.25. The van der Waals surface area contributed by atoms with E-state index in [2.05, 4.69) is 20.6 Å². The lowest BCUT2D eigenvalue weighted by Gasteiger charge is -2.10. The highest BCUT2D eigenvalue weighted by atomic mass is 16.7. The number of carbonyl (C=O) groups is 1. The maximum absolute atomic E-state index is 12.1. The summed E-state index contributed by atoms with van der Waals surface area (Å²) >= 11 is 0. The topological polar surface area (TPSA) is 90.3 Å². The monoisotopic (exact) mass is 379 g/mol. The van der Waals surface area contributed by atoms with Gasteiger partial charge in [0.1, 0.15) is 17.5 Å². The van der Waals surface area contributed by atoms with Gasteiger partial charge in [-0.15, -0.1) is 0 Å². The van der Waals surface area contributed by atoms with Crippen molar-refractivity contribution in [1.29, 1.82) is 0 Å². The van der Waals surface area contributed by atoms with Crippen LogP contribution >= 0.6 is 0 Å². The maximum atomic E-state index is 12.1. The van der Waals surface area contributed by atoms with Crippen molar-refractivity contribution in [2.75, 3.05) is 25.2 Å². The highest BCUT2D eigenvalue weighted by molar-refractivity contribution is 5.78. The second-order valence-corrected chi connectivity index (χ2v) is 6.39. The van der Waals surface area contributed by atoms with Crippen LogP contribution < -0.4 is 20.1 Å². The van der Waals surface area contributed by atoms with Gasteiger partial charge in [0.15, 0.2) is 11.5 Å². The number of anilines is 1. The molecule has 0 aliphatic carbocycles. The average molecular weight is 379 g/mol. The van der Waals surface area contributed by atoms with Crippen molar-refractivity contribution >= 4 is 11.7 Å². The van der Waals surface area contributed by atoms with Crippen molar-refractivity contribution in [3.63, 3.8) is 0 Å². The summed E-state index contributed by atoms with van der Waals surface area (Å²) in [6.45, 7) is 3.14. The zero-order valence-electron chi connectivity index (χ0n) is 15.5. The number of hydrogen-bond donors (Lipinski definition) is 2. The summed E-state index contributed by atoms with van der Waals surface area (Å²) in [6, 6.07) is 11.3. The maximum Gasteiger partial charge on any atom is 0.231 e. The van der Waals surface area contributed by atoms with Crippen molar-refractivity contribution in [2.45, 2.75) is 13.3 Å². The number of aromatic nitrogens is 3. The van der Waals surface area contributed by atoms with Gasteiger partial charge >= 0.3 is 0 Å². The van der Waals surface area contributed by atoms with Gasteiger partial charge in [0.2, 0.25) is 12.7 Å². The molecule has 0 saturated heterocycles. The van der Waals surface area contributed by atoms with Crippen molar-refractivity contribution in [1.82, 2.24) is 19.9 Å². The molecule has 1 aliphatic rings. The van der Waals surface area contributed by atoms with Gasteiger partial charge in [-0.1, -0.05) is 6.07 Å². The number of aryl methyl sites for hydroxylation is 1. The summed E-state index contributed by atoms with van der Waals surface area (Å²) in [7, 11) is 0. The number of rotatable bonds is 7. The molecule has 0 unspecified atom stereocenters. The molecular weight excluding hydrogens is 358 g/mol. The van der Waals surface area contributed by atoms with Gasteiger partial charge in [-0.05, 0) is 36.8 Å². The van der Waals surface area contributed by atoms with Crippen LogP contribution in [0.4, 0.5) is 5.82 Å². The van der Waals surface area contributed by atoms with E-state index in [0.717, 1.165) is 17.2 Å². The first-order valence-corrected chi connectivity index (χ1v) is 9.05. The molecule has 2 aromatic heterocycles. The van der Waals surface area contributed by atoms with E-state index in [9.17, 15) is 4.79 Å². The minimum absolute atomic E-state index is 0.0486. The Morgan fingerprint density at radius 3 is 2.79 bits per heavy atom. The molecule has 0 fully saturated rings. The minimum atomic E-state index is -0.0486. The second-order valence-electron chi connectivity index (χ2n) is 6.39. The fraction of sp³-hybridized carbons (Fsp3) is 0.250. The van der Waals surface area contributed by atoms with Crippen molar-refractivity contribution in [2.24, 2.45) is 0 Å². The molecule has 0 radical (unpaired) electrons. The summed E-state index contributed by atoms with van der Waals surface area (Å²) in [5, 5.41) is 6.13. The van der Waals surface area contributed by atoms with Gasteiger partial charge in [-0.2, -0.15) is 0 Å². The number of fused-ring (bicyclic) bond motifs is 1. The van der Waals surface area contributed by atoms with E-state index in [1.807, 2.05) is 60.3 Å². The third kappa shape index (κ3) is 4.22. The predicted molar refractivity (Wildman–Crippen MR) is 104 cm³/mol. The van der Waals surface area contributed by atoms with Crippen LogP contribution in [-0.2, 0) is 11.2 Å². The van der Waals surface area contributed by atoms with Gasteiger partial charge in [0.25, 0.3) is 0 Å². The summed E-state index contributed by atoms with van der Waals surface area (Å²) in [4.78, 5) is 21.0. The second kappa shape index (κ2) is 7.99. The van der Waals surface area contributed by atoms with E-state index in [1.54, 1.807) is 0 Å². The van der Waals surface area contributed by atoms with Gasteiger partial charge in [0.05, 0.1) is 6.42 Å². The van der Waals surface area contributed by atoms with E-state index in [4.69, 9.17) is 9.47 Å². The van der Waals surface area contributed by atoms with Gasteiger partial charge in [0, 0.05) is 31.5 Å². The zero-order chi connectivity index (χ0) is 19.3. The van der Waals surface area contributed by atoms with Crippen molar-refractivity contribution in [3.8, 4) is 17.3 Å². The SMILES string of the molecule is Cc1nc(NCCNC(=O)Cc2ccc3c(c2)OCO3)cc(-n2cccc2)n1. The molecule has 8 nitrogen and oxygen atoms in total. The molecule has 2 N–H and O–H groups in total. The molecule has 8 heteroatoms. The van der Waals surface area contributed by atoms with Crippen LogP contribution in [0.1, 0.15) is 11.4 Å². The Morgan fingerprint density at radius 1 is 1.11 bits per heavy atom. The fourth-order valence-corrected chi connectivity index (χ4v) is 2.95. The number of amides is 1. The third-order valence-electron chi connectivity index (χ3n) is 4.25. The first-order chi connectivity index (χ1) is 13.7. The first-order valence-electron chi connectivity index (χ1n) is 9.05. The summed E-state index contributed by atoms with van der Waals surface area (Å²) in [5.41, 5.74) is 0.887. The van der Waals surface area contributed by atoms with Crippen LogP contribution in [0, 0.1) is 6.92 Å². The molecular formula is C20H21N5O3. The van der Waals surface area contributed by atoms with Crippen molar-refractivity contribution < 1.29 is 14.3 Å². The van der Waals surface area contributed by atoms with Crippen LogP contribution in [0.25, 0.3) is 5.82 Å². The van der Waals surface area contributed by atoms with E-state index < -0.39 is 0 Å². The van der Waals surface area contributed by atoms with Crippen LogP contribution in [0.2, 0.25) is 0 Å². The van der Waals surface area contributed by atoms with Crippen LogP contribution in [0.3, 0.4) is 0 Å². The minimum Gasteiger partial charge on any atom is -0.454 e. The van der Waals surface area contributed by atoms with Gasteiger partial charge in [-0.3, -0.25) is 4.79 Å². The van der Waals surface area contributed by atoms with Crippen LogP contribution in [0.5, 0.6) is 11.5 Å². The van der Waals surface area contributed by atoms with Gasteiger partial charge < -0.3 is 24.7 Å². The standard InChI is InChI=1S/C20H21N5O3/c1-14-23-18(12-19(24-14)25-8-2-3-9-25)21-6-7-22-20(26)11-15-4-5-16-17(10-15)28-13-27-16/h2-5,8-10,12H,6-7,11,13H2,1H3,(H,22,26)(H,21,23,24). The van der Waals surface area contributed by atoms with Crippen LogP contribution in [-0.4, -0.2) is 40.3 Å². The first kappa shape index (κ1) is 17.8. The molecule has 144 valence electrons. The zero-order valence-corrected chi connectivity index (χ0v) is 15.5. The molecule has 28 heavy (non-hydrogen) atoms. The Kier molecular flexibility index (Phi) is 5.09. The fourth-order valence-electron chi connectivity index (χ4n) is 2.95. The number of nitrogens with zero attached hydrogens (tertiary/aromatic N) is 3. The van der Waals surface area contributed by atoms with E-state index in [0.29, 0.717) is 36.8 Å². The number of ether oxygens (including phenoxy) is 2. The molecule has 0 atom stereocenters. The molecule has 3 heterocycles. The van der Waals surface area contributed by atoms with Gasteiger partial charge in [-0.25, -0.2) is 9.97 Å². The van der Waals surface area contributed by atoms with E-state index in [1.165, 1.54) is 0 Å². The number of benzene rings is 1.